The fourth-order valence-electron chi connectivity index (χ4n) is 2.57. The van der Waals surface area contributed by atoms with Crippen LogP contribution in [0.15, 0.2) is 59.1 Å². The van der Waals surface area contributed by atoms with E-state index in [0.29, 0.717) is 5.69 Å². The standard InChI is InChI=1S/C19H15BrF3N3O/c1-12-17(20)18(19(21,22)23)25-26(12)11-16(27)24-15-9-7-14(8-10-15)13-5-3-2-4-6-13/h2-10H,11H2,1H3,(H,24,27). The van der Waals surface area contributed by atoms with E-state index in [-0.39, 0.29) is 16.7 Å². The minimum Gasteiger partial charge on any atom is -0.324 e. The Kier molecular flexibility index (Phi) is 5.36. The first kappa shape index (κ1) is 19.2. The monoisotopic (exact) mass is 437 g/mol. The fourth-order valence-corrected chi connectivity index (χ4v) is 3.08. The van der Waals surface area contributed by atoms with Crippen LogP contribution in [0.4, 0.5) is 18.9 Å². The highest BCUT2D eigenvalue weighted by molar-refractivity contribution is 9.10. The van der Waals surface area contributed by atoms with Crippen LogP contribution < -0.4 is 5.32 Å². The normalized spacial score (nSPS) is 11.4. The molecule has 1 amide bonds. The molecule has 0 aliphatic heterocycles. The van der Waals surface area contributed by atoms with Crippen LogP contribution in [-0.4, -0.2) is 15.7 Å². The molecule has 1 aromatic heterocycles. The lowest BCUT2D eigenvalue weighted by Crippen LogP contribution is -2.20. The molecule has 2 aromatic carbocycles. The van der Waals surface area contributed by atoms with Gasteiger partial charge in [-0.15, -0.1) is 0 Å². The van der Waals surface area contributed by atoms with Crippen LogP contribution in [0.25, 0.3) is 11.1 Å². The highest BCUT2D eigenvalue weighted by Crippen LogP contribution is 2.35. The molecule has 0 atom stereocenters. The summed E-state index contributed by atoms with van der Waals surface area (Å²) in [5, 5.41) is 6.17. The highest BCUT2D eigenvalue weighted by Gasteiger charge is 2.38. The van der Waals surface area contributed by atoms with Gasteiger partial charge < -0.3 is 5.32 Å². The lowest BCUT2D eigenvalue weighted by Gasteiger charge is -2.08. The number of carbonyl (C=O) groups is 1. The number of halogens is 4. The topological polar surface area (TPSA) is 46.9 Å². The summed E-state index contributed by atoms with van der Waals surface area (Å²) in [6.07, 6.45) is -4.58. The minimum absolute atomic E-state index is 0.157. The van der Waals surface area contributed by atoms with Gasteiger partial charge in [-0.1, -0.05) is 42.5 Å². The van der Waals surface area contributed by atoms with Gasteiger partial charge in [-0.2, -0.15) is 18.3 Å². The van der Waals surface area contributed by atoms with Gasteiger partial charge in [-0.05, 0) is 46.1 Å². The smallest absolute Gasteiger partial charge is 0.324 e. The molecule has 0 aliphatic carbocycles. The second-order valence-corrected chi connectivity index (χ2v) is 6.69. The number of carbonyl (C=O) groups excluding carboxylic acids is 1. The van der Waals surface area contributed by atoms with Crippen molar-refractivity contribution in [3.63, 3.8) is 0 Å². The second kappa shape index (κ2) is 7.56. The zero-order valence-electron chi connectivity index (χ0n) is 14.2. The average molecular weight is 438 g/mol. The highest BCUT2D eigenvalue weighted by atomic mass is 79.9. The Balaban J connectivity index is 1.70. The summed E-state index contributed by atoms with van der Waals surface area (Å²) in [4.78, 5) is 12.2. The molecule has 0 saturated heterocycles. The van der Waals surface area contributed by atoms with Crippen molar-refractivity contribution in [2.45, 2.75) is 19.6 Å². The summed E-state index contributed by atoms with van der Waals surface area (Å²) >= 11 is 2.89. The number of amides is 1. The summed E-state index contributed by atoms with van der Waals surface area (Å²) in [6.45, 7) is 1.15. The van der Waals surface area contributed by atoms with Crippen molar-refractivity contribution < 1.29 is 18.0 Å². The third-order valence-electron chi connectivity index (χ3n) is 3.97. The van der Waals surface area contributed by atoms with E-state index in [1.807, 2.05) is 42.5 Å². The van der Waals surface area contributed by atoms with Crippen molar-refractivity contribution in [2.24, 2.45) is 0 Å². The van der Waals surface area contributed by atoms with E-state index in [9.17, 15) is 18.0 Å². The molecule has 0 spiro atoms. The number of nitrogens with one attached hydrogen (secondary N) is 1. The van der Waals surface area contributed by atoms with Gasteiger partial charge in [-0.25, -0.2) is 0 Å². The minimum atomic E-state index is -4.58. The van der Waals surface area contributed by atoms with Crippen molar-refractivity contribution >= 4 is 27.5 Å². The van der Waals surface area contributed by atoms with Crippen LogP contribution in [0.2, 0.25) is 0 Å². The number of rotatable bonds is 4. The van der Waals surface area contributed by atoms with Crippen LogP contribution in [0, 0.1) is 6.92 Å². The van der Waals surface area contributed by atoms with E-state index < -0.39 is 17.8 Å². The van der Waals surface area contributed by atoms with Gasteiger partial charge in [0.2, 0.25) is 5.91 Å². The lowest BCUT2D eigenvalue weighted by atomic mass is 10.1. The first-order valence-electron chi connectivity index (χ1n) is 8.01. The van der Waals surface area contributed by atoms with Gasteiger partial charge in [0.15, 0.2) is 5.69 Å². The molecule has 0 radical (unpaired) electrons. The Hall–Kier alpha value is -2.61. The molecule has 0 bridgehead atoms. The quantitative estimate of drug-likeness (QED) is 0.603. The summed E-state index contributed by atoms with van der Waals surface area (Å²) in [5.74, 6) is -0.464. The number of benzene rings is 2. The molecular weight excluding hydrogens is 423 g/mol. The largest absolute Gasteiger partial charge is 0.436 e. The van der Waals surface area contributed by atoms with E-state index in [4.69, 9.17) is 0 Å². The van der Waals surface area contributed by atoms with Gasteiger partial charge >= 0.3 is 6.18 Å². The predicted molar refractivity (Wildman–Crippen MR) is 100 cm³/mol. The molecule has 1 heterocycles. The first-order chi connectivity index (χ1) is 12.8. The maximum Gasteiger partial charge on any atom is 0.436 e. The third kappa shape index (κ3) is 4.39. The molecule has 140 valence electrons. The Morgan fingerprint density at radius 1 is 1.07 bits per heavy atom. The lowest BCUT2D eigenvalue weighted by molar-refractivity contribution is -0.142. The van der Waals surface area contributed by atoms with Gasteiger partial charge in [0.05, 0.1) is 10.2 Å². The Labute approximate surface area is 162 Å². The number of hydrogen-bond acceptors (Lipinski definition) is 2. The zero-order chi connectivity index (χ0) is 19.6. The van der Waals surface area contributed by atoms with Gasteiger partial charge in [0.1, 0.15) is 6.54 Å². The SMILES string of the molecule is Cc1c(Br)c(C(F)(F)F)nn1CC(=O)Nc1ccc(-c2ccccc2)cc1. The maximum atomic E-state index is 12.9. The maximum absolute atomic E-state index is 12.9. The molecule has 27 heavy (non-hydrogen) atoms. The molecule has 3 rings (SSSR count). The van der Waals surface area contributed by atoms with Gasteiger partial charge in [0, 0.05) is 5.69 Å². The summed E-state index contributed by atoms with van der Waals surface area (Å²) in [5.41, 5.74) is 1.79. The van der Waals surface area contributed by atoms with E-state index in [1.165, 1.54) is 6.92 Å². The average Bonchev–Trinajstić information content (AvgIpc) is 2.91. The molecule has 0 fully saturated rings. The number of alkyl halides is 3. The number of anilines is 1. The molecule has 3 aromatic rings. The number of aromatic nitrogens is 2. The Morgan fingerprint density at radius 2 is 1.67 bits per heavy atom. The first-order valence-corrected chi connectivity index (χ1v) is 8.80. The van der Waals surface area contributed by atoms with Crippen LogP contribution in [0.3, 0.4) is 0 Å². The van der Waals surface area contributed by atoms with E-state index in [1.54, 1.807) is 12.1 Å². The van der Waals surface area contributed by atoms with Crippen LogP contribution in [-0.2, 0) is 17.5 Å². The Morgan fingerprint density at radius 3 is 2.22 bits per heavy atom. The number of hydrogen-bond donors (Lipinski definition) is 1. The molecule has 8 heteroatoms. The van der Waals surface area contributed by atoms with Crippen molar-refractivity contribution in [3.8, 4) is 11.1 Å². The number of nitrogens with zero attached hydrogens (tertiary/aromatic N) is 2. The van der Waals surface area contributed by atoms with Gasteiger partial charge in [0.25, 0.3) is 0 Å². The van der Waals surface area contributed by atoms with Crippen LogP contribution >= 0.6 is 15.9 Å². The third-order valence-corrected chi connectivity index (χ3v) is 4.92. The molecule has 0 aliphatic rings. The molecular formula is C19H15BrF3N3O. The van der Waals surface area contributed by atoms with Crippen molar-refractivity contribution in [1.82, 2.24) is 9.78 Å². The zero-order valence-corrected chi connectivity index (χ0v) is 15.8. The van der Waals surface area contributed by atoms with E-state index in [2.05, 4.69) is 26.3 Å². The molecule has 0 unspecified atom stereocenters. The van der Waals surface area contributed by atoms with Crippen molar-refractivity contribution in [3.05, 3.63) is 70.5 Å². The molecule has 0 saturated carbocycles. The summed E-state index contributed by atoms with van der Waals surface area (Å²) < 4.78 is 39.6. The Bertz CT molecular complexity index is 951. The predicted octanol–water partition coefficient (Wildman–Crippen LogP) is 5.28. The van der Waals surface area contributed by atoms with Gasteiger partial charge in [-0.3, -0.25) is 9.48 Å². The van der Waals surface area contributed by atoms with E-state index >= 15 is 0 Å². The summed E-state index contributed by atoms with van der Waals surface area (Å²) in [7, 11) is 0. The summed E-state index contributed by atoms with van der Waals surface area (Å²) in [6, 6.07) is 17.0. The second-order valence-electron chi connectivity index (χ2n) is 5.89. The van der Waals surface area contributed by atoms with E-state index in [0.717, 1.165) is 15.8 Å². The molecule has 4 nitrogen and oxygen atoms in total. The van der Waals surface area contributed by atoms with Crippen molar-refractivity contribution in [1.29, 1.82) is 0 Å². The molecule has 1 N–H and O–H groups in total. The van der Waals surface area contributed by atoms with Crippen LogP contribution in [0.5, 0.6) is 0 Å². The van der Waals surface area contributed by atoms with Crippen LogP contribution in [0.1, 0.15) is 11.4 Å². The fraction of sp³-hybridized carbons (Fsp3) is 0.158. The van der Waals surface area contributed by atoms with Crippen molar-refractivity contribution in [2.75, 3.05) is 5.32 Å².